The third kappa shape index (κ3) is 3.60. The second-order valence-electron chi connectivity index (χ2n) is 10.7. The molecule has 0 amide bonds. The van der Waals surface area contributed by atoms with Crippen molar-refractivity contribution in [3.63, 3.8) is 0 Å². The van der Waals surface area contributed by atoms with Gasteiger partial charge in [-0.2, -0.15) is 5.26 Å². The van der Waals surface area contributed by atoms with Crippen LogP contribution in [0, 0.1) is 11.3 Å². The summed E-state index contributed by atoms with van der Waals surface area (Å²) in [5, 5.41) is 9.72. The first-order valence-corrected chi connectivity index (χ1v) is 12.6. The van der Waals surface area contributed by atoms with E-state index in [9.17, 15) is 5.26 Å². The highest BCUT2D eigenvalue weighted by atomic mass is 16.7. The number of nitrogens with zero attached hydrogens (tertiary/aromatic N) is 1. The van der Waals surface area contributed by atoms with E-state index in [1.54, 1.807) is 0 Å². The minimum Gasteiger partial charge on any atom is -0.472 e. The lowest BCUT2D eigenvalue weighted by molar-refractivity contribution is 0.00578. The van der Waals surface area contributed by atoms with Crippen LogP contribution in [-0.2, 0) is 14.9 Å². The van der Waals surface area contributed by atoms with Gasteiger partial charge in [-0.15, -0.1) is 0 Å². The first-order valence-electron chi connectivity index (χ1n) is 12.6. The van der Waals surface area contributed by atoms with Crippen LogP contribution in [-0.4, -0.2) is 18.3 Å². The molecule has 5 heteroatoms. The number of hydrogen-bond donors (Lipinski definition) is 0. The summed E-state index contributed by atoms with van der Waals surface area (Å²) in [5.41, 5.74) is 4.67. The predicted molar refractivity (Wildman–Crippen MR) is 146 cm³/mol. The molecule has 182 valence electrons. The minimum absolute atomic E-state index is 0.444. The zero-order chi connectivity index (χ0) is 25.8. The summed E-state index contributed by atoms with van der Waals surface area (Å²) in [4.78, 5) is 0. The Hall–Kier alpha value is -3.85. The fourth-order valence-electron chi connectivity index (χ4n) is 5.28. The summed E-state index contributed by atoms with van der Waals surface area (Å²) in [5.74, 6) is 0.725. The Bertz CT molecular complexity index is 1470. The molecule has 0 aliphatic carbocycles. The highest BCUT2D eigenvalue weighted by Crippen LogP contribution is 2.51. The zero-order valence-electron chi connectivity index (χ0n) is 21.5. The topological polar surface area (TPSA) is 51.5 Å². The summed E-state index contributed by atoms with van der Waals surface area (Å²) >= 11 is 0. The Kier molecular flexibility index (Phi) is 5.31. The maximum absolute atomic E-state index is 9.72. The first kappa shape index (κ1) is 23.5. The Morgan fingerprint density at radius 2 is 1.27 bits per heavy atom. The lowest BCUT2D eigenvalue weighted by Crippen LogP contribution is -2.41. The van der Waals surface area contributed by atoms with E-state index in [-0.39, 0.29) is 0 Å². The molecule has 0 radical (unpaired) electrons. The second kappa shape index (κ2) is 8.35. The van der Waals surface area contributed by atoms with Gasteiger partial charge in [0.05, 0.1) is 22.8 Å². The van der Waals surface area contributed by atoms with Crippen LogP contribution in [0.1, 0.15) is 49.9 Å². The average molecular weight is 485 g/mol. The summed E-state index contributed by atoms with van der Waals surface area (Å²) in [7, 11) is -0.506. The van der Waals surface area contributed by atoms with Gasteiger partial charge in [-0.1, -0.05) is 78.9 Å². The van der Waals surface area contributed by atoms with Gasteiger partial charge in [0, 0.05) is 22.3 Å². The van der Waals surface area contributed by atoms with Crippen molar-refractivity contribution in [1.82, 2.24) is 0 Å². The van der Waals surface area contributed by atoms with Crippen molar-refractivity contribution in [1.29, 1.82) is 5.26 Å². The van der Waals surface area contributed by atoms with E-state index in [1.165, 1.54) is 0 Å². The number of benzene rings is 4. The van der Waals surface area contributed by atoms with E-state index >= 15 is 0 Å². The number of hydrogen-bond acceptors (Lipinski definition) is 4. The van der Waals surface area contributed by atoms with Crippen LogP contribution in [0.4, 0.5) is 0 Å². The molecule has 1 fully saturated rings. The fraction of sp³-hybridized carbons (Fsp3) is 0.219. The smallest absolute Gasteiger partial charge is 0.472 e. The molecule has 0 atom stereocenters. The number of rotatable bonds is 3. The number of ether oxygens (including phenoxy) is 1. The van der Waals surface area contributed by atoms with Crippen LogP contribution < -0.4 is 10.2 Å². The van der Waals surface area contributed by atoms with E-state index in [0.717, 1.165) is 39.0 Å². The Morgan fingerprint density at radius 3 is 1.84 bits per heavy atom. The lowest BCUT2D eigenvalue weighted by Gasteiger charge is -2.41. The van der Waals surface area contributed by atoms with E-state index in [1.807, 2.05) is 66.7 Å². The molecule has 0 bridgehead atoms. The Morgan fingerprint density at radius 1 is 0.676 bits per heavy atom. The maximum Gasteiger partial charge on any atom is 0.494 e. The fourth-order valence-corrected chi connectivity index (χ4v) is 5.28. The molecular formula is C32H28BNO3. The Labute approximate surface area is 218 Å². The molecular weight excluding hydrogens is 457 g/mol. The molecule has 2 aliphatic heterocycles. The van der Waals surface area contributed by atoms with Gasteiger partial charge in [0.2, 0.25) is 0 Å². The molecule has 0 spiro atoms. The molecule has 0 N–H and O–H groups in total. The summed E-state index contributed by atoms with van der Waals surface area (Å²) in [6, 6.07) is 34.8. The van der Waals surface area contributed by atoms with Crippen molar-refractivity contribution in [3.05, 3.63) is 119 Å². The summed E-state index contributed by atoms with van der Waals surface area (Å²) in [6.45, 7) is 8.21. The van der Waals surface area contributed by atoms with Crippen molar-refractivity contribution in [2.24, 2.45) is 0 Å². The Balaban J connectivity index is 1.59. The molecule has 4 aromatic rings. The van der Waals surface area contributed by atoms with Crippen LogP contribution in [0.5, 0.6) is 5.75 Å². The summed E-state index contributed by atoms with van der Waals surface area (Å²) in [6.07, 6.45) is 0. The average Bonchev–Trinajstić information content (AvgIpc) is 3.14. The lowest BCUT2D eigenvalue weighted by atomic mass is 9.73. The van der Waals surface area contributed by atoms with Crippen molar-refractivity contribution in [2.45, 2.75) is 44.5 Å². The summed E-state index contributed by atoms with van der Waals surface area (Å²) < 4.78 is 19.8. The molecule has 2 heterocycles. The molecule has 37 heavy (non-hydrogen) atoms. The van der Waals surface area contributed by atoms with Gasteiger partial charge in [-0.05, 0) is 56.9 Å². The number of nitriles is 1. The first-order chi connectivity index (χ1) is 17.7. The van der Waals surface area contributed by atoms with E-state index in [2.05, 4.69) is 64.1 Å². The number of fused-ring (bicyclic) bond motifs is 3. The van der Waals surface area contributed by atoms with Crippen LogP contribution in [0.2, 0.25) is 0 Å². The van der Waals surface area contributed by atoms with Gasteiger partial charge < -0.3 is 14.0 Å². The van der Waals surface area contributed by atoms with Gasteiger partial charge >= 0.3 is 7.12 Å². The highest BCUT2D eigenvalue weighted by molar-refractivity contribution is 6.62. The normalized spacial score (nSPS) is 18.3. The predicted octanol–water partition coefficient (Wildman–Crippen LogP) is 6.21. The van der Waals surface area contributed by atoms with Crippen LogP contribution in [0.25, 0.3) is 11.1 Å². The molecule has 4 nitrogen and oxygen atoms in total. The highest BCUT2D eigenvalue weighted by Gasteiger charge is 2.52. The standard InChI is InChI=1S/C32H28BNO3/c1-30(2)31(3,4)37-33(36-30)25-16-17-26-27-19-22(21-34)15-18-28(27)32(35-29(26)20-25,23-11-7-5-8-12-23)24-13-9-6-10-14-24/h5-20H,1-4H3. The van der Waals surface area contributed by atoms with Gasteiger partial charge in [-0.3, -0.25) is 0 Å². The molecule has 1 saturated heterocycles. The third-order valence-corrected chi connectivity index (χ3v) is 7.97. The molecule has 0 saturated carbocycles. The molecule has 2 aliphatic rings. The van der Waals surface area contributed by atoms with E-state index < -0.39 is 23.9 Å². The van der Waals surface area contributed by atoms with Crippen molar-refractivity contribution >= 4 is 12.6 Å². The van der Waals surface area contributed by atoms with E-state index in [4.69, 9.17) is 14.0 Å². The maximum atomic E-state index is 9.72. The van der Waals surface area contributed by atoms with Gasteiger partial charge in [-0.25, -0.2) is 0 Å². The quantitative estimate of drug-likeness (QED) is 0.324. The van der Waals surface area contributed by atoms with E-state index in [0.29, 0.717) is 5.56 Å². The third-order valence-electron chi connectivity index (χ3n) is 7.97. The molecule has 0 unspecified atom stereocenters. The SMILES string of the molecule is CC1(C)OB(c2ccc3c(c2)OC(c2ccccc2)(c2ccccc2)c2ccc(C#N)cc2-3)OC1(C)C. The van der Waals surface area contributed by atoms with Gasteiger partial charge in [0.1, 0.15) is 5.75 Å². The van der Waals surface area contributed by atoms with Crippen LogP contribution >= 0.6 is 0 Å². The van der Waals surface area contributed by atoms with Gasteiger partial charge in [0.15, 0.2) is 5.60 Å². The zero-order valence-corrected chi connectivity index (χ0v) is 21.5. The molecule has 0 aromatic heterocycles. The van der Waals surface area contributed by atoms with Crippen LogP contribution in [0.15, 0.2) is 97.1 Å². The molecule has 4 aromatic carbocycles. The van der Waals surface area contributed by atoms with Crippen molar-refractivity contribution in [3.8, 4) is 22.9 Å². The van der Waals surface area contributed by atoms with Crippen molar-refractivity contribution in [2.75, 3.05) is 0 Å². The van der Waals surface area contributed by atoms with Gasteiger partial charge in [0.25, 0.3) is 0 Å². The monoisotopic (exact) mass is 485 g/mol. The second-order valence-corrected chi connectivity index (χ2v) is 10.7. The van der Waals surface area contributed by atoms with Crippen LogP contribution in [0.3, 0.4) is 0 Å². The van der Waals surface area contributed by atoms with Crippen molar-refractivity contribution < 1.29 is 14.0 Å². The largest absolute Gasteiger partial charge is 0.494 e. The minimum atomic E-state index is -0.895. The molecule has 6 rings (SSSR count).